The molecule has 0 unspecified atom stereocenters. The first-order valence-electron chi connectivity index (χ1n) is 6.45. The van der Waals surface area contributed by atoms with Crippen LogP contribution in [0.25, 0.3) is 10.9 Å². The summed E-state index contributed by atoms with van der Waals surface area (Å²) < 4.78 is 5.06. The van der Waals surface area contributed by atoms with E-state index in [2.05, 4.69) is 20.9 Å². The number of nitrogens with zero attached hydrogens (tertiary/aromatic N) is 2. The van der Waals surface area contributed by atoms with Crippen LogP contribution in [-0.2, 0) is 4.74 Å². The zero-order valence-corrected chi connectivity index (χ0v) is 13.0. The summed E-state index contributed by atoms with van der Waals surface area (Å²) in [5.74, 6) is 0.0206. The summed E-state index contributed by atoms with van der Waals surface area (Å²) in [4.78, 5) is 18.6. The van der Waals surface area contributed by atoms with Crippen molar-refractivity contribution in [2.45, 2.75) is 0 Å². The summed E-state index contributed by atoms with van der Waals surface area (Å²) in [5, 5.41) is 1.72. The fourth-order valence-corrected chi connectivity index (χ4v) is 2.44. The van der Waals surface area contributed by atoms with Gasteiger partial charge < -0.3 is 9.64 Å². The monoisotopic (exact) mass is 336 g/mol. The number of ether oxygens (including phenoxy) is 1. The first kappa shape index (κ1) is 14.9. The predicted molar refractivity (Wildman–Crippen MR) is 83.3 cm³/mol. The molecule has 1 heterocycles. The molecule has 0 aliphatic heterocycles. The third-order valence-corrected chi connectivity index (χ3v) is 3.41. The van der Waals surface area contributed by atoms with Crippen LogP contribution >= 0.6 is 15.9 Å². The molecule has 1 amide bonds. The number of hydrogen-bond donors (Lipinski definition) is 0. The molecule has 1 aromatic heterocycles. The molecule has 0 aliphatic carbocycles. The largest absolute Gasteiger partial charge is 0.383 e. The van der Waals surface area contributed by atoms with Gasteiger partial charge in [-0.3, -0.25) is 9.78 Å². The van der Waals surface area contributed by atoms with E-state index in [0.29, 0.717) is 25.3 Å². The summed E-state index contributed by atoms with van der Waals surface area (Å²) in [5.41, 5.74) is 1.58. The first-order valence-corrected chi connectivity index (χ1v) is 7.57. The number of carbonyl (C=O) groups excluding carboxylic acids is 1. The molecule has 0 saturated carbocycles. The first-order chi connectivity index (χ1) is 9.76. The maximum Gasteiger partial charge on any atom is 0.253 e. The van der Waals surface area contributed by atoms with Gasteiger partial charge in [-0.15, -0.1) is 0 Å². The van der Waals surface area contributed by atoms with Crippen molar-refractivity contribution in [1.29, 1.82) is 0 Å². The Kier molecular flexibility index (Phi) is 5.49. The van der Waals surface area contributed by atoms with Crippen molar-refractivity contribution < 1.29 is 9.53 Å². The fraction of sp³-hybridized carbons (Fsp3) is 0.333. The molecule has 0 aliphatic rings. The molecule has 5 heteroatoms. The lowest BCUT2D eigenvalue weighted by Crippen LogP contribution is -2.35. The van der Waals surface area contributed by atoms with Crippen LogP contribution in [0.5, 0.6) is 0 Å². The van der Waals surface area contributed by atoms with Crippen LogP contribution in [0.3, 0.4) is 0 Å². The molecule has 106 valence electrons. The molecule has 0 N–H and O–H groups in total. The number of aromatic nitrogens is 1. The van der Waals surface area contributed by atoms with Crippen molar-refractivity contribution in [3.8, 4) is 0 Å². The number of pyridine rings is 1. The highest BCUT2D eigenvalue weighted by atomic mass is 79.9. The Morgan fingerprint density at radius 3 is 2.95 bits per heavy atom. The third kappa shape index (κ3) is 3.55. The molecular weight excluding hydrogens is 320 g/mol. The minimum absolute atomic E-state index is 0.0206. The summed E-state index contributed by atoms with van der Waals surface area (Å²) in [6.07, 6.45) is 1.75. The Hall–Kier alpha value is -1.46. The number of rotatable bonds is 6. The molecule has 2 aromatic rings. The minimum Gasteiger partial charge on any atom is -0.383 e. The van der Waals surface area contributed by atoms with Crippen LogP contribution in [0.1, 0.15) is 10.4 Å². The molecule has 20 heavy (non-hydrogen) atoms. The molecular formula is C15H17BrN2O2. The smallest absolute Gasteiger partial charge is 0.253 e. The van der Waals surface area contributed by atoms with Gasteiger partial charge in [0.05, 0.1) is 12.1 Å². The Labute approximate surface area is 126 Å². The zero-order chi connectivity index (χ0) is 14.4. The molecule has 0 radical (unpaired) electrons. The average Bonchev–Trinajstić information content (AvgIpc) is 2.50. The van der Waals surface area contributed by atoms with E-state index in [0.717, 1.165) is 16.2 Å². The summed E-state index contributed by atoms with van der Waals surface area (Å²) in [7, 11) is 1.64. The van der Waals surface area contributed by atoms with E-state index in [9.17, 15) is 4.79 Å². The van der Waals surface area contributed by atoms with Crippen molar-refractivity contribution in [3.05, 3.63) is 42.1 Å². The van der Waals surface area contributed by atoms with Gasteiger partial charge in [-0.1, -0.05) is 22.0 Å². The third-order valence-electron chi connectivity index (χ3n) is 3.06. The topological polar surface area (TPSA) is 42.4 Å². The van der Waals surface area contributed by atoms with Crippen molar-refractivity contribution in [2.75, 3.05) is 32.1 Å². The van der Waals surface area contributed by atoms with Gasteiger partial charge in [-0.2, -0.15) is 0 Å². The Morgan fingerprint density at radius 2 is 2.20 bits per heavy atom. The number of amides is 1. The maximum absolute atomic E-state index is 12.5. The number of benzene rings is 1. The standard InChI is InChI=1S/C15H17BrN2O2/c1-20-10-9-18(8-6-16)15(19)13-4-5-14-12(11-13)3-2-7-17-14/h2-5,7,11H,6,8-10H2,1H3. The summed E-state index contributed by atoms with van der Waals surface area (Å²) in [6, 6.07) is 9.43. The quantitative estimate of drug-likeness (QED) is 0.761. The molecule has 1 aromatic carbocycles. The lowest BCUT2D eigenvalue weighted by atomic mass is 10.1. The lowest BCUT2D eigenvalue weighted by Gasteiger charge is -2.21. The molecule has 0 bridgehead atoms. The van der Waals surface area contributed by atoms with Crippen LogP contribution in [0, 0.1) is 0 Å². The number of carbonyl (C=O) groups is 1. The van der Waals surface area contributed by atoms with E-state index in [1.54, 1.807) is 18.2 Å². The molecule has 0 atom stereocenters. The summed E-state index contributed by atoms with van der Waals surface area (Å²) in [6.45, 7) is 1.78. The van der Waals surface area contributed by atoms with Crippen LogP contribution in [0.15, 0.2) is 36.5 Å². The average molecular weight is 337 g/mol. The highest BCUT2D eigenvalue weighted by molar-refractivity contribution is 9.09. The van der Waals surface area contributed by atoms with Crippen molar-refractivity contribution in [2.24, 2.45) is 0 Å². The second-order valence-corrected chi connectivity index (χ2v) is 5.18. The van der Waals surface area contributed by atoms with Crippen LogP contribution in [-0.4, -0.2) is 47.9 Å². The Bertz CT molecular complexity index is 589. The van der Waals surface area contributed by atoms with E-state index in [1.165, 1.54) is 0 Å². The second kappa shape index (κ2) is 7.36. The van der Waals surface area contributed by atoms with E-state index in [-0.39, 0.29) is 5.91 Å². The van der Waals surface area contributed by atoms with E-state index >= 15 is 0 Å². The molecule has 0 fully saturated rings. The minimum atomic E-state index is 0.0206. The van der Waals surface area contributed by atoms with Crippen LogP contribution in [0.2, 0.25) is 0 Å². The fourth-order valence-electron chi connectivity index (χ4n) is 2.01. The SMILES string of the molecule is COCCN(CCBr)C(=O)c1ccc2ncccc2c1. The van der Waals surface area contributed by atoms with Gasteiger partial charge >= 0.3 is 0 Å². The Balaban J connectivity index is 2.23. The molecule has 0 saturated heterocycles. The van der Waals surface area contributed by atoms with Gasteiger partial charge in [0.2, 0.25) is 0 Å². The van der Waals surface area contributed by atoms with E-state index in [4.69, 9.17) is 4.74 Å². The van der Waals surface area contributed by atoms with Gasteiger partial charge in [0.25, 0.3) is 5.91 Å². The van der Waals surface area contributed by atoms with Gasteiger partial charge in [0.15, 0.2) is 0 Å². The molecule has 4 nitrogen and oxygen atoms in total. The van der Waals surface area contributed by atoms with Crippen LogP contribution < -0.4 is 0 Å². The normalized spacial score (nSPS) is 10.7. The van der Waals surface area contributed by atoms with Crippen molar-refractivity contribution in [1.82, 2.24) is 9.88 Å². The highest BCUT2D eigenvalue weighted by Crippen LogP contribution is 2.15. The summed E-state index contributed by atoms with van der Waals surface area (Å²) >= 11 is 3.38. The zero-order valence-electron chi connectivity index (χ0n) is 11.4. The number of fused-ring (bicyclic) bond motifs is 1. The van der Waals surface area contributed by atoms with E-state index < -0.39 is 0 Å². The molecule has 2 rings (SSSR count). The van der Waals surface area contributed by atoms with Crippen molar-refractivity contribution >= 4 is 32.7 Å². The maximum atomic E-state index is 12.5. The predicted octanol–water partition coefficient (Wildman–Crippen LogP) is 2.72. The van der Waals surface area contributed by atoms with Crippen molar-refractivity contribution in [3.63, 3.8) is 0 Å². The van der Waals surface area contributed by atoms with E-state index in [1.807, 2.05) is 30.3 Å². The van der Waals surface area contributed by atoms with Gasteiger partial charge in [0, 0.05) is 42.7 Å². The number of hydrogen-bond acceptors (Lipinski definition) is 3. The lowest BCUT2D eigenvalue weighted by molar-refractivity contribution is 0.0709. The number of halogens is 1. The van der Waals surface area contributed by atoms with Gasteiger partial charge in [0.1, 0.15) is 0 Å². The molecule has 0 spiro atoms. The van der Waals surface area contributed by atoms with Crippen LogP contribution in [0.4, 0.5) is 0 Å². The van der Waals surface area contributed by atoms with Gasteiger partial charge in [-0.05, 0) is 24.3 Å². The highest BCUT2D eigenvalue weighted by Gasteiger charge is 2.15. The van der Waals surface area contributed by atoms with Gasteiger partial charge in [-0.25, -0.2) is 0 Å². The number of alkyl halides is 1. The Morgan fingerprint density at radius 1 is 1.35 bits per heavy atom. The second-order valence-electron chi connectivity index (χ2n) is 4.38. The number of methoxy groups -OCH3 is 1.